The summed E-state index contributed by atoms with van der Waals surface area (Å²) in [5.41, 5.74) is 1.74. The van der Waals surface area contributed by atoms with Crippen molar-refractivity contribution in [1.82, 2.24) is 20.5 Å². The van der Waals surface area contributed by atoms with Crippen LogP contribution in [0.25, 0.3) is 10.8 Å². The molecule has 8 heteroatoms. The molecule has 1 aromatic heterocycles. The summed E-state index contributed by atoms with van der Waals surface area (Å²) >= 11 is 0. The number of carbonyl (C=O) groups excluding carboxylic acids is 1. The van der Waals surface area contributed by atoms with Gasteiger partial charge < -0.3 is 10.4 Å². The number of aromatic nitrogens is 2. The SMILES string of the molecule is CC(C)(O)CN1N=C(C(=O)NC2CCC(c3n[nH]c(=O)c4ccccc34)CC2)C2C=CC(C3CC3)=CC21. The first-order valence-corrected chi connectivity index (χ1v) is 13.5. The van der Waals surface area contributed by atoms with E-state index in [0.717, 1.165) is 36.8 Å². The van der Waals surface area contributed by atoms with Crippen LogP contribution in [0, 0.1) is 11.8 Å². The highest BCUT2D eigenvalue weighted by Crippen LogP contribution is 2.41. The maximum absolute atomic E-state index is 13.4. The van der Waals surface area contributed by atoms with Gasteiger partial charge in [0, 0.05) is 17.3 Å². The van der Waals surface area contributed by atoms with Crippen LogP contribution >= 0.6 is 0 Å². The van der Waals surface area contributed by atoms with E-state index in [-0.39, 0.29) is 35.4 Å². The van der Waals surface area contributed by atoms with Gasteiger partial charge in [0.1, 0.15) is 5.71 Å². The second-order valence-electron chi connectivity index (χ2n) is 11.7. The third-order valence-corrected chi connectivity index (χ3v) is 8.13. The number of rotatable bonds is 6. The molecule has 2 fully saturated rings. The van der Waals surface area contributed by atoms with Crippen LogP contribution in [-0.2, 0) is 4.79 Å². The highest BCUT2D eigenvalue weighted by Gasteiger charge is 2.42. The molecule has 4 aliphatic rings. The van der Waals surface area contributed by atoms with E-state index in [4.69, 9.17) is 5.10 Å². The number of H-pyrrole nitrogens is 1. The van der Waals surface area contributed by atoms with Crippen LogP contribution in [0.1, 0.15) is 64.0 Å². The summed E-state index contributed by atoms with van der Waals surface area (Å²) in [7, 11) is 0. The largest absolute Gasteiger partial charge is 0.389 e. The van der Waals surface area contributed by atoms with Crippen LogP contribution in [0.4, 0.5) is 0 Å². The number of carbonyl (C=O) groups is 1. The maximum Gasteiger partial charge on any atom is 0.272 e. The fourth-order valence-corrected chi connectivity index (χ4v) is 6.12. The Bertz CT molecular complexity index is 1360. The summed E-state index contributed by atoms with van der Waals surface area (Å²) in [5, 5.41) is 29.0. The van der Waals surface area contributed by atoms with Gasteiger partial charge in [0.2, 0.25) is 0 Å². The van der Waals surface area contributed by atoms with Crippen molar-refractivity contribution in [3.63, 3.8) is 0 Å². The highest BCUT2D eigenvalue weighted by molar-refractivity contribution is 6.40. The third kappa shape index (κ3) is 4.87. The van der Waals surface area contributed by atoms with Crippen molar-refractivity contribution in [3.05, 3.63) is 64.1 Å². The molecule has 3 N–H and O–H groups in total. The van der Waals surface area contributed by atoms with Gasteiger partial charge in [0.05, 0.1) is 35.2 Å². The number of benzene rings is 1. The first kappa shape index (κ1) is 24.1. The summed E-state index contributed by atoms with van der Waals surface area (Å²) in [6.45, 7) is 3.93. The Labute approximate surface area is 216 Å². The minimum absolute atomic E-state index is 0.0249. The average Bonchev–Trinajstić information content (AvgIpc) is 3.67. The van der Waals surface area contributed by atoms with E-state index in [9.17, 15) is 14.7 Å². The van der Waals surface area contributed by atoms with Crippen LogP contribution in [0.15, 0.2) is 58.0 Å². The number of β-amino-alcohol motifs (C(OH)–C–C–N with tert-alkyl or cyclic N) is 1. The van der Waals surface area contributed by atoms with Gasteiger partial charge in [-0.3, -0.25) is 14.6 Å². The molecule has 1 amide bonds. The lowest BCUT2D eigenvalue weighted by Crippen LogP contribution is -2.44. The molecule has 1 aliphatic heterocycles. The number of nitrogens with one attached hydrogen (secondary N) is 2. The number of aliphatic hydroxyl groups is 1. The normalized spacial score (nSPS) is 27.6. The van der Waals surface area contributed by atoms with Crippen LogP contribution in [-0.4, -0.2) is 56.2 Å². The molecule has 37 heavy (non-hydrogen) atoms. The fourth-order valence-electron chi connectivity index (χ4n) is 6.12. The minimum atomic E-state index is -0.910. The number of fused-ring (bicyclic) bond motifs is 2. The van der Waals surface area contributed by atoms with Gasteiger partial charge in [-0.1, -0.05) is 36.4 Å². The number of amides is 1. The van der Waals surface area contributed by atoms with Gasteiger partial charge in [-0.25, -0.2) is 5.10 Å². The standard InChI is InChI=1S/C29H35N5O3/c1-29(2,37)16-34-24-15-19(17-7-8-17)11-14-23(24)26(33-34)28(36)30-20-12-9-18(10-13-20)25-21-5-3-4-6-22(21)27(35)32-31-25/h3-6,11,14-15,17-18,20,23-24,37H,7-10,12-13,16H2,1-2H3,(H,30,36)(H,32,35). The Kier molecular flexibility index (Phi) is 6.02. The third-order valence-electron chi connectivity index (χ3n) is 8.13. The van der Waals surface area contributed by atoms with Crippen molar-refractivity contribution in [3.8, 4) is 0 Å². The molecule has 0 bridgehead atoms. The molecule has 0 saturated heterocycles. The van der Waals surface area contributed by atoms with E-state index in [0.29, 0.717) is 23.6 Å². The van der Waals surface area contributed by atoms with E-state index < -0.39 is 5.60 Å². The predicted octanol–water partition coefficient (Wildman–Crippen LogP) is 3.40. The molecule has 194 valence electrons. The summed E-state index contributed by atoms with van der Waals surface area (Å²) in [5.74, 6) is 0.663. The van der Waals surface area contributed by atoms with Crippen LogP contribution in [0.5, 0.6) is 0 Å². The van der Waals surface area contributed by atoms with E-state index in [2.05, 4.69) is 33.7 Å². The second kappa shape index (κ2) is 9.24. The first-order valence-electron chi connectivity index (χ1n) is 13.5. The lowest BCUT2D eigenvalue weighted by molar-refractivity contribution is -0.115. The zero-order valence-electron chi connectivity index (χ0n) is 21.5. The molecule has 6 rings (SSSR count). The number of nitrogens with zero attached hydrogens (tertiary/aromatic N) is 3. The number of allylic oxidation sites excluding steroid dienone is 2. The van der Waals surface area contributed by atoms with Crippen molar-refractivity contribution >= 4 is 22.4 Å². The van der Waals surface area contributed by atoms with E-state index in [1.807, 2.05) is 29.3 Å². The molecular weight excluding hydrogens is 466 g/mol. The lowest BCUT2D eigenvalue weighted by Gasteiger charge is -2.31. The van der Waals surface area contributed by atoms with Gasteiger partial charge in [-0.15, -0.1) is 0 Å². The molecule has 2 atom stereocenters. The molecule has 2 heterocycles. The summed E-state index contributed by atoms with van der Waals surface area (Å²) in [6, 6.07) is 7.67. The van der Waals surface area contributed by atoms with Crippen molar-refractivity contribution in [1.29, 1.82) is 0 Å². The van der Waals surface area contributed by atoms with Gasteiger partial charge in [-0.2, -0.15) is 10.2 Å². The van der Waals surface area contributed by atoms with Crippen molar-refractivity contribution < 1.29 is 9.90 Å². The van der Waals surface area contributed by atoms with Gasteiger partial charge in [-0.05, 0) is 69.9 Å². The summed E-state index contributed by atoms with van der Waals surface area (Å²) in [6.07, 6.45) is 12.5. The summed E-state index contributed by atoms with van der Waals surface area (Å²) < 4.78 is 0. The number of hydrazone groups is 1. The average molecular weight is 502 g/mol. The van der Waals surface area contributed by atoms with E-state index in [1.165, 1.54) is 18.4 Å². The second-order valence-corrected chi connectivity index (χ2v) is 11.7. The van der Waals surface area contributed by atoms with Gasteiger partial charge in [0.25, 0.3) is 11.5 Å². The first-order chi connectivity index (χ1) is 17.8. The van der Waals surface area contributed by atoms with Crippen molar-refractivity contribution in [2.45, 2.75) is 76.0 Å². The molecule has 8 nitrogen and oxygen atoms in total. The molecule has 0 radical (unpaired) electrons. The lowest BCUT2D eigenvalue weighted by atomic mass is 9.82. The summed E-state index contributed by atoms with van der Waals surface area (Å²) in [4.78, 5) is 25.6. The zero-order chi connectivity index (χ0) is 25.7. The van der Waals surface area contributed by atoms with Crippen LogP contribution < -0.4 is 10.9 Å². The predicted molar refractivity (Wildman–Crippen MR) is 143 cm³/mol. The number of hydrogen-bond acceptors (Lipinski definition) is 6. The number of aromatic amines is 1. The van der Waals surface area contributed by atoms with Crippen molar-refractivity contribution in [2.75, 3.05) is 6.54 Å². The fraction of sp³-hybridized carbons (Fsp3) is 0.517. The Morgan fingerprint density at radius 1 is 1.11 bits per heavy atom. The molecule has 2 unspecified atom stereocenters. The quantitative estimate of drug-likeness (QED) is 0.562. The van der Waals surface area contributed by atoms with Crippen LogP contribution in [0.2, 0.25) is 0 Å². The monoisotopic (exact) mass is 501 g/mol. The topological polar surface area (TPSA) is 111 Å². The minimum Gasteiger partial charge on any atom is -0.389 e. The van der Waals surface area contributed by atoms with Crippen molar-refractivity contribution in [2.24, 2.45) is 16.9 Å². The molecule has 3 aliphatic carbocycles. The Hall–Kier alpha value is -3.26. The Morgan fingerprint density at radius 3 is 2.51 bits per heavy atom. The molecule has 2 aromatic rings. The Balaban J connectivity index is 1.14. The number of hydrogen-bond donors (Lipinski definition) is 3. The molecule has 1 aromatic carbocycles. The van der Waals surface area contributed by atoms with Gasteiger partial charge in [0.15, 0.2) is 0 Å². The zero-order valence-corrected chi connectivity index (χ0v) is 21.5. The molecule has 0 spiro atoms. The van der Waals surface area contributed by atoms with E-state index >= 15 is 0 Å². The smallest absolute Gasteiger partial charge is 0.272 e. The molecular formula is C29H35N5O3. The Morgan fingerprint density at radius 2 is 1.81 bits per heavy atom. The maximum atomic E-state index is 13.4. The van der Waals surface area contributed by atoms with E-state index in [1.54, 1.807) is 13.8 Å². The van der Waals surface area contributed by atoms with Crippen LogP contribution in [0.3, 0.4) is 0 Å². The molecule has 2 saturated carbocycles. The highest BCUT2D eigenvalue weighted by atomic mass is 16.3. The van der Waals surface area contributed by atoms with Gasteiger partial charge >= 0.3 is 0 Å².